The standard InChI is InChI=1S/C16H30O/c1-5-7-8-15-10-9-14(6-2)16(15,4)12-11-13(3)17/h14-15H,5-12H2,1-4H3. The van der Waals surface area contributed by atoms with Crippen LogP contribution < -0.4 is 0 Å². The Morgan fingerprint density at radius 1 is 1.24 bits per heavy atom. The number of carbonyl (C=O) groups excluding carboxylic acids is 1. The Hall–Kier alpha value is -0.330. The molecule has 0 heterocycles. The van der Waals surface area contributed by atoms with Gasteiger partial charge in [-0.1, -0.05) is 40.0 Å². The molecule has 1 aliphatic rings. The summed E-state index contributed by atoms with van der Waals surface area (Å²) < 4.78 is 0. The highest BCUT2D eigenvalue weighted by Gasteiger charge is 2.44. The summed E-state index contributed by atoms with van der Waals surface area (Å²) in [5.41, 5.74) is 0.440. The molecule has 1 rings (SSSR count). The van der Waals surface area contributed by atoms with Gasteiger partial charge in [0.2, 0.25) is 0 Å². The molecule has 0 bridgehead atoms. The van der Waals surface area contributed by atoms with E-state index in [9.17, 15) is 4.79 Å². The fourth-order valence-electron chi connectivity index (χ4n) is 3.84. The number of hydrogen-bond acceptors (Lipinski definition) is 1. The average molecular weight is 238 g/mol. The molecule has 1 heteroatoms. The van der Waals surface area contributed by atoms with E-state index in [2.05, 4.69) is 20.8 Å². The van der Waals surface area contributed by atoms with E-state index < -0.39 is 0 Å². The van der Waals surface area contributed by atoms with Gasteiger partial charge < -0.3 is 4.79 Å². The van der Waals surface area contributed by atoms with E-state index in [0.29, 0.717) is 11.2 Å². The Balaban J connectivity index is 2.66. The van der Waals surface area contributed by atoms with Crippen molar-refractivity contribution in [3.05, 3.63) is 0 Å². The number of ketones is 1. The van der Waals surface area contributed by atoms with Crippen LogP contribution in [0.3, 0.4) is 0 Å². The van der Waals surface area contributed by atoms with Crippen molar-refractivity contribution < 1.29 is 4.79 Å². The summed E-state index contributed by atoms with van der Waals surface area (Å²) in [4.78, 5) is 11.3. The zero-order valence-electron chi connectivity index (χ0n) is 12.2. The fraction of sp³-hybridized carbons (Fsp3) is 0.938. The highest BCUT2D eigenvalue weighted by atomic mass is 16.1. The van der Waals surface area contributed by atoms with Crippen LogP contribution in [-0.4, -0.2) is 5.78 Å². The molecule has 0 radical (unpaired) electrons. The summed E-state index contributed by atoms with van der Waals surface area (Å²) >= 11 is 0. The van der Waals surface area contributed by atoms with Crippen molar-refractivity contribution in [2.45, 2.75) is 79.1 Å². The topological polar surface area (TPSA) is 17.1 Å². The smallest absolute Gasteiger partial charge is 0.129 e. The lowest BCUT2D eigenvalue weighted by molar-refractivity contribution is -0.117. The number of rotatable bonds is 7. The number of hydrogen-bond donors (Lipinski definition) is 0. The van der Waals surface area contributed by atoms with Crippen LogP contribution >= 0.6 is 0 Å². The summed E-state index contributed by atoms with van der Waals surface area (Å²) in [5.74, 6) is 2.08. The normalized spacial score (nSPS) is 32.9. The van der Waals surface area contributed by atoms with Gasteiger partial charge in [0.05, 0.1) is 0 Å². The highest BCUT2D eigenvalue weighted by Crippen LogP contribution is 2.53. The van der Waals surface area contributed by atoms with Crippen LogP contribution in [0.2, 0.25) is 0 Å². The zero-order chi connectivity index (χ0) is 12.9. The van der Waals surface area contributed by atoms with Gasteiger partial charge in [0, 0.05) is 6.42 Å². The molecule has 0 aromatic carbocycles. The minimum Gasteiger partial charge on any atom is -0.300 e. The predicted molar refractivity (Wildman–Crippen MR) is 74.1 cm³/mol. The molecule has 0 amide bonds. The van der Waals surface area contributed by atoms with E-state index in [4.69, 9.17) is 0 Å². The Morgan fingerprint density at radius 3 is 2.41 bits per heavy atom. The van der Waals surface area contributed by atoms with Gasteiger partial charge in [-0.3, -0.25) is 0 Å². The molecule has 17 heavy (non-hydrogen) atoms. The van der Waals surface area contributed by atoms with E-state index in [0.717, 1.165) is 24.7 Å². The van der Waals surface area contributed by atoms with Crippen LogP contribution in [0.25, 0.3) is 0 Å². The zero-order valence-corrected chi connectivity index (χ0v) is 12.2. The Labute approximate surface area is 107 Å². The monoisotopic (exact) mass is 238 g/mol. The first-order chi connectivity index (χ1) is 8.04. The Morgan fingerprint density at radius 2 is 1.88 bits per heavy atom. The van der Waals surface area contributed by atoms with E-state index >= 15 is 0 Å². The number of unbranched alkanes of at least 4 members (excludes halogenated alkanes) is 1. The third-order valence-corrected chi connectivity index (χ3v) is 5.14. The van der Waals surface area contributed by atoms with E-state index in [-0.39, 0.29) is 0 Å². The van der Waals surface area contributed by atoms with Gasteiger partial charge in [-0.05, 0) is 49.9 Å². The molecule has 0 aromatic heterocycles. The summed E-state index contributed by atoms with van der Waals surface area (Å²) in [6.45, 7) is 8.79. The van der Waals surface area contributed by atoms with Crippen molar-refractivity contribution >= 4 is 5.78 Å². The maximum Gasteiger partial charge on any atom is 0.129 e. The Bertz CT molecular complexity index is 246. The second kappa shape index (κ2) is 6.56. The van der Waals surface area contributed by atoms with Crippen LogP contribution in [0.1, 0.15) is 79.1 Å². The van der Waals surface area contributed by atoms with E-state index in [1.807, 2.05) is 0 Å². The van der Waals surface area contributed by atoms with E-state index in [1.54, 1.807) is 6.92 Å². The fourth-order valence-corrected chi connectivity index (χ4v) is 3.84. The average Bonchev–Trinajstić information content (AvgIpc) is 2.61. The minimum absolute atomic E-state index is 0.363. The first kappa shape index (κ1) is 14.7. The summed E-state index contributed by atoms with van der Waals surface area (Å²) in [5, 5.41) is 0. The SMILES string of the molecule is CCCCC1CCC(CC)C1(C)CCC(C)=O. The predicted octanol–water partition coefficient (Wildman–Crippen LogP) is 4.99. The number of carbonyl (C=O) groups is 1. The van der Waals surface area contributed by atoms with Gasteiger partial charge in [0.25, 0.3) is 0 Å². The molecule has 0 aromatic rings. The van der Waals surface area contributed by atoms with Gasteiger partial charge in [0.1, 0.15) is 5.78 Å². The molecule has 100 valence electrons. The largest absolute Gasteiger partial charge is 0.300 e. The molecule has 0 saturated heterocycles. The first-order valence-corrected chi connectivity index (χ1v) is 7.54. The van der Waals surface area contributed by atoms with Gasteiger partial charge in [0.15, 0.2) is 0 Å². The lowest BCUT2D eigenvalue weighted by atomic mass is 9.68. The summed E-state index contributed by atoms with van der Waals surface area (Å²) in [7, 11) is 0. The van der Waals surface area contributed by atoms with Crippen LogP contribution in [0.15, 0.2) is 0 Å². The van der Waals surface area contributed by atoms with Gasteiger partial charge in [-0.15, -0.1) is 0 Å². The van der Waals surface area contributed by atoms with Crippen molar-refractivity contribution in [2.24, 2.45) is 17.3 Å². The van der Waals surface area contributed by atoms with Gasteiger partial charge in [-0.25, -0.2) is 0 Å². The quantitative estimate of drug-likeness (QED) is 0.611. The Kier molecular flexibility index (Phi) is 5.69. The van der Waals surface area contributed by atoms with Crippen molar-refractivity contribution in [2.75, 3.05) is 0 Å². The van der Waals surface area contributed by atoms with Crippen molar-refractivity contribution in [3.8, 4) is 0 Å². The molecule has 1 fully saturated rings. The summed E-state index contributed by atoms with van der Waals surface area (Å²) in [6, 6.07) is 0. The van der Waals surface area contributed by atoms with Crippen LogP contribution in [0.5, 0.6) is 0 Å². The second-order valence-electron chi connectivity index (χ2n) is 6.23. The molecule has 1 saturated carbocycles. The molecule has 0 N–H and O–H groups in total. The van der Waals surface area contributed by atoms with Crippen LogP contribution in [0.4, 0.5) is 0 Å². The lowest BCUT2D eigenvalue weighted by Crippen LogP contribution is -2.29. The van der Waals surface area contributed by atoms with Crippen molar-refractivity contribution in [1.29, 1.82) is 0 Å². The number of Topliss-reactive ketones (excluding diaryl/α,β-unsaturated/α-hetero) is 1. The highest BCUT2D eigenvalue weighted by molar-refractivity contribution is 5.75. The molecule has 1 nitrogen and oxygen atoms in total. The molecule has 0 aliphatic heterocycles. The van der Waals surface area contributed by atoms with Gasteiger partial charge >= 0.3 is 0 Å². The van der Waals surface area contributed by atoms with Crippen molar-refractivity contribution in [1.82, 2.24) is 0 Å². The molecule has 3 atom stereocenters. The van der Waals surface area contributed by atoms with Crippen LogP contribution in [-0.2, 0) is 4.79 Å². The molecule has 1 aliphatic carbocycles. The second-order valence-corrected chi connectivity index (χ2v) is 6.23. The third kappa shape index (κ3) is 3.56. The van der Waals surface area contributed by atoms with Crippen LogP contribution in [0, 0.1) is 17.3 Å². The maximum atomic E-state index is 11.3. The molecular weight excluding hydrogens is 208 g/mol. The minimum atomic E-state index is 0.363. The lowest BCUT2D eigenvalue weighted by Gasteiger charge is -2.37. The first-order valence-electron chi connectivity index (χ1n) is 7.54. The molecule has 3 unspecified atom stereocenters. The summed E-state index contributed by atoms with van der Waals surface area (Å²) in [6.07, 6.45) is 10.0. The van der Waals surface area contributed by atoms with E-state index in [1.165, 1.54) is 38.5 Å². The molecule has 0 spiro atoms. The third-order valence-electron chi connectivity index (χ3n) is 5.14. The maximum absolute atomic E-state index is 11.3. The van der Waals surface area contributed by atoms with Crippen molar-refractivity contribution in [3.63, 3.8) is 0 Å². The molecular formula is C16H30O. The van der Waals surface area contributed by atoms with Gasteiger partial charge in [-0.2, -0.15) is 0 Å².